The van der Waals surface area contributed by atoms with Crippen LogP contribution in [0.4, 0.5) is 11.6 Å². The Labute approximate surface area is 666 Å². The number of nitrogen functional groups attached to an aromatic ring is 2. The number of nitrogens with zero attached hydrogens (tertiary/aromatic N) is 12. The molecule has 28 nitrogen and oxygen atoms in total. The molecule has 0 aliphatic carbocycles. The molecule has 1 amide bonds. The van der Waals surface area contributed by atoms with E-state index in [1.54, 1.807) is 90.3 Å². The average molecular weight is 1600 g/mol. The number of para-hydroxylation sites is 2. The number of aromatic amines is 5. The fourth-order valence-electron chi connectivity index (χ4n) is 10.6. The summed E-state index contributed by atoms with van der Waals surface area (Å²) in [5.41, 5.74) is 27.4. The molecule has 5 aromatic carbocycles. The van der Waals surface area contributed by atoms with Gasteiger partial charge in [-0.1, -0.05) is 102 Å². The number of hydrogen-bond donors (Lipinski definition) is 7. The maximum Gasteiger partial charge on any atom is 0.356 e. The van der Waals surface area contributed by atoms with E-state index in [0.717, 1.165) is 102 Å². The van der Waals surface area contributed by atoms with Gasteiger partial charge in [-0.05, 0) is 181 Å². The molecule has 0 saturated heterocycles. The maximum absolute atomic E-state index is 12.3. The molecular weight excluding hydrogens is 1510 g/mol. The second kappa shape index (κ2) is 38.9. The fourth-order valence-corrected chi connectivity index (χ4v) is 11.8. The van der Waals surface area contributed by atoms with Gasteiger partial charge in [0.1, 0.15) is 34.8 Å². The highest BCUT2D eigenvalue weighted by Crippen LogP contribution is 2.33. The minimum absolute atomic E-state index is 0.0181. The summed E-state index contributed by atoms with van der Waals surface area (Å²) in [5, 5.41) is 33.4. The van der Waals surface area contributed by atoms with Gasteiger partial charge in [0.05, 0.1) is 63.4 Å². The number of nitrogens with one attached hydrogen (secondary N) is 5. The molecule has 588 valence electrons. The van der Waals surface area contributed by atoms with E-state index in [1.807, 2.05) is 160 Å². The summed E-state index contributed by atoms with van der Waals surface area (Å²) in [6.45, 7) is 28.7. The van der Waals surface area contributed by atoms with E-state index in [2.05, 4.69) is 47.6 Å². The first-order valence-electron chi connectivity index (χ1n) is 35.0. The predicted octanol–water partition coefficient (Wildman–Crippen LogP) is 13.9. The molecule has 13 rings (SSSR count). The van der Waals surface area contributed by atoms with E-state index in [-0.39, 0.29) is 61.7 Å². The number of ether oxygens (including phenoxy) is 2. The molecule has 0 atom stereocenters. The van der Waals surface area contributed by atoms with Gasteiger partial charge in [-0.25, -0.2) is 32.9 Å². The lowest BCUT2D eigenvalue weighted by Gasteiger charge is -2.08. The van der Waals surface area contributed by atoms with Gasteiger partial charge in [0.15, 0.2) is 11.4 Å². The Kier molecular flexibility index (Phi) is 30.2. The zero-order valence-electron chi connectivity index (χ0n) is 65.5. The van der Waals surface area contributed by atoms with Crippen LogP contribution < -0.4 is 44.0 Å². The Balaban J connectivity index is 0.000000183. The Hall–Kier alpha value is -12.3. The molecular formula is C80H91Cl4N19O9. The second-order valence-electron chi connectivity index (χ2n) is 25.9. The van der Waals surface area contributed by atoms with Crippen molar-refractivity contribution in [1.29, 1.82) is 5.26 Å². The number of benzene rings is 5. The topological polar surface area (TPSA) is 369 Å². The zero-order valence-corrected chi connectivity index (χ0v) is 68.6. The summed E-state index contributed by atoms with van der Waals surface area (Å²) < 4.78 is 20.6. The molecule has 32 heteroatoms. The molecule has 0 aliphatic rings. The van der Waals surface area contributed by atoms with Crippen LogP contribution in [0.2, 0.25) is 20.1 Å². The van der Waals surface area contributed by atoms with E-state index >= 15 is 0 Å². The van der Waals surface area contributed by atoms with Gasteiger partial charge in [-0.3, -0.25) is 63.9 Å². The van der Waals surface area contributed by atoms with Crippen molar-refractivity contribution in [3.63, 3.8) is 0 Å². The van der Waals surface area contributed by atoms with Gasteiger partial charge in [0.2, 0.25) is 0 Å². The van der Waals surface area contributed by atoms with Crippen molar-refractivity contribution in [2.45, 2.75) is 117 Å². The molecule has 112 heavy (non-hydrogen) atoms. The number of amides is 1. The van der Waals surface area contributed by atoms with Crippen molar-refractivity contribution in [3.8, 4) is 45.9 Å². The van der Waals surface area contributed by atoms with Crippen molar-refractivity contribution >= 4 is 69.9 Å². The number of methoxy groups -OCH3 is 1. The van der Waals surface area contributed by atoms with Crippen LogP contribution >= 0.6 is 46.4 Å². The lowest BCUT2D eigenvalue weighted by Crippen LogP contribution is -2.23. The molecule has 0 aliphatic heterocycles. The Bertz CT molecular complexity index is 5590. The van der Waals surface area contributed by atoms with Gasteiger partial charge in [0.25, 0.3) is 33.7 Å². The third-order valence-corrected chi connectivity index (χ3v) is 18.8. The van der Waals surface area contributed by atoms with Crippen LogP contribution in [0.15, 0.2) is 158 Å². The maximum atomic E-state index is 12.3. The Morgan fingerprint density at radius 2 is 1.02 bits per heavy atom. The number of rotatable bonds is 12. The zero-order chi connectivity index (χ0) is 82.9. The van der Waals surface area contributed by atoms with Gasteiger partial charge in [-0.15, -0.1) is 0 Å². The van der Waals surface area contributed by atoms with Crippen LogP contribution in [-0.4, -0.2) is 118 Å². The minimum Gasteiger partial charge on any atom is -0.495 e. The van der Waals surface area contributed by atoms with Gasteiger partial charge < -0.3 is 25.8 Å². The highest BCUT2D eigenvalue weighted by molar-refractivity contribution is 6.40. The van der Waals surface area contributed by atoms with E-state index in [9.17, 15) is 33.6 Å². The van der Waals surface area contributed by atoms with Gasteiger partial charge in [0, 0.05) is 99.6 Å². The van der Waals surface area contributed by atoms with E-state index in [0.29, 0.717) is 50.1 Å². The Morgan fingerprint density at radius 3 is 1.46 bits per heavy atom. The number of pyridine rings is 1. The summed E-state index contributed by atoms with van der Waals surface area (Å²) in [7, 11) is 4.87. The highest BCUT2D eigenvalue weighted by atomic mass is 35.5. The molecule has 0 fully saturated rings. The first-order valence-corrected chi connectivity index (χ1v) is 36.5. The van der Waals surface area contributed by atoms with E-state index in [4.69, 9.17) is 72.6 Å². The number of esters is 1. The van der Waals surface area contributed by atoms with Crippen LogP contribution in [0, 0.1) is 101 Å². The minimum atomic E-state index is -0.618. The van der Waals surface area contributed by atoms with E-state index < -0.39 is 11.5 Å². The number of aromatic nitrogens is 15. The molecule has 9 N–H and O–H groups in total. The lowest BCUT2D eigenvalue weighted by molar-refractivity contribution is 0.0517. The van der Waals surface area contributed by atoms with E-state index in [1.165, 1.54) is 40.4 Å². The average Bonchev–Trinajstić information content (AvgIpc) is 1.65. The van der Waals surface area contributed by atoms with Crippen molar-refractivity contribution in [2.24, 2.45) is 0 Å². The molecule has 0 bridgehead atoms. The van der Waals surface area contributed by atoms with Crippen LogP contribution in [0.3, 0.4) is 0 Å². The van der Waals surface area contributed by atoms with Crippen LogP contribution in [-0.2, 0) is 11.3 Å². The van der Waals surface area contributed by atoms with Gasteiger partial charge >= 0.3 is 5.97 Å². The summed E-state index contributed by atoms with van der Waals surface area (Å²) in [4.78, 5) is 88.0. The summed E-state index contributed by atoms with van der Waals surface area (Å²) in [5.74, 6) is 0.632. The van der Waals surface area contributed by atoms with Crippen LogP contribution in [0.5, 0.6) is 5.75 Å². The van der Waals surface area contributed by atoms with Gasteiger partial charge in [-0.2, -0.15) is 15.5 Å². The molecule has 0 radical (unpaired) electrons. The standard InChI is InChI=1S/C14H17ClN4O2.C13H11Cl3N2O3.C13H14N4.2C11H12N2O.C10H11N3O.C8H14N2O/c1-8-12(14(20)18(2)3)17-19(13(8)16)9-5-6-10(15)11(7-9)21-4;1-3-21-13(20)10-6(2)12(19)18(17-10)11-8(15)4-7(14)5-9(11)16;1-8-4-5-9(2)12(6-8)17-13(15)10(3)11(7-14)16-17;2*1-8-9(2)12-13(11(8)14)10-6-4-3-5-7-10;1-7-8(2)12-13(10(7)14)9-4-3-5-11-6-9;1-4-5-10-8(11)6(2)7(3)9-10/h5-7H,16H2,1-4H3;4-5,17H,3H2,1-2H3;4-6H,15H2,1-3H3;2*3-7,12H,1-2H3;3-6,12H,1-2H3;9H,4-5H2,1-3H3. The smallest absolute Gasteiger partial charge is 0.356 e. The summed E-state index contributed by atoms with van der Waals surface area (Å²) in [6.07, 6.45) is 4.31. The number of nitrogens with two attached hydrogens (primary N) is 2. The molecule has 8 heterocycles. The van der Waals surface area contributed by atoms with Crippen molar-refractivity contribution in [1.82, 2.24) is 78.3 Å². The monoisotopic (exact) mass is 1600 g/mol. The quantitative estimate of drug-likeness (QED) is 0.0559. The first-order chi connectivity index (χ1) is 53.0. The highest BCUT2D eigenvalue weighted by Gasteiger charge is 2.24. The summed E-state index contributed by atoms with van der Waals surface area (Å²) in [6, 6.07) is 38.9. The largest absolute Gasteiger partial charge is 0.495 e. The first kappa shape index (κ1) is 86.9. The number of halogens is 4. The number of carbonyl (C=O) groups excluding carboxylic acids is 2. The van der Waals surface area contributed by atoms with Crippen molar-refractivity contribution < 1.29 is 19.1 Å². The number of H-pyrrole nitrogens is 5. The number of hydrogen-bond acceptors (Lipinski definition) is 15. The molecule has 8 aromatic heterocycles. The SMILES string of the molecule is CCCn1[nH]c(C)c(C)c1=O.CCOC(=O)c1[nH]n(-c2c(Cl)cc(Cl)cc2Cl)c(=O)c1C.COc1cc(-n2nc(C(=O)N(C)C)c(C)c2N)ccc1Cl.Cc1[nH]n(-c2ccccc2)c(=O)c1C.Cc1[nH]n(-c2ccccc2)c(=O)c1C.Cc1[nH]n(-c2cccnc2)c(=O)c1C.Cc1ccc(C)c(-n2nc(C#N)c(C)c2N)c1. The van der Waals surface area contributed by atoms with Crippen molar-refractivity contribution in [3.05, 3.63) is 296 Å². The molecule has 0 saturated carbocycles. The third kappa shape index (κ3) is 20.4. The second-order valence-corrected chi connectivity index (χ2v) is 27.5. The van der Waals surface area contributed by atoms with Crippen molar-refractivity contribution in [2.75, 3.05) is 39.3 Å². The number of aryl methyl sites for hydroxylation is 7. The fraction of sp³-hybridized carbons (Fsp3) is 0.263. The Morgan fingerprint density at radius 1 is 0.527 bits per heavy atom. The third-order valence-electron chi connectivity index (χ3n) is 17.7. The predicted molar refractivity (Wildman–Crippen MR) is 442 cm³/mol. The van der Waals surface area contributed by atoms with Crippen LogP contribution in [0.1, 0.15) is 120 Å². The molecule has 0 unspecified atom stereocenters. The number of nitriles is 1. The molecule has 13 aromatic rings. The number of carbonyl (C=O) groups is 2. The molecule has 0 spiro atoms. The normalized spacial score (nSPS) is 10.5. The lowest BCUT2D eigenvalue weighted by atomic mass is 10.1. The van der Waals surface area contributed by atoms with Crippen LogP contribution in [0.25, 0.3) is 34.1 Å². The summed E-state index contributed by atoms with van der Waals surface area (Å²) >= 11 is 24.0. The number of anilines is 2.